The molecule has 0 bridgehead atoms. The van der Waals surface area contributed by atoms with E-state index in [0.717, 1.165) is 6.26 Å². The Balaban J connectivity index is 1.77. The van der Waals surface area contributed by atoms with Crippen LogP contribution in [-0.2, 0) is 14.6 Å². The molecule has 0 aromatic heterocycles. The Hall–Kier alpha value is -2.96. The third kappa shape index (κ3) is 7.26. The molecule has 0 heterocycles. The van der Waals surface area contributed by atoms with E-state index in [-0.39, 0.29) is 21.4 Å². The van der Waals surface area contributed by atoms with Crippen LogP contribution < -0.4 is 14.8 Å². The fourth-order valence-electron chi connectivity index (χ4n) is 3.01. The third-order valence-electron chi connectivity index (χ3n) is 4.65. The lowest BCUT2D eigenvalue weighted by Gasteiger charge is -2.19. The smallest absolute Gasteiger partial charge is 0.265 e. The predicted octanol–water partition coefficient (Wildman–Crippen LogP) is 6.51. The van der Waals surface area contributed by atoms with Crippen molar-refractivity contribution in [2.45, 2.75) is 24.3 Å². The summed E-state index contributed by atoms with van der Waals surface area (Å²) in [6.07, 6.45) is 0.464. The lowest BCUT2D eigenvalue weighted by molar-refractivity contribution is -0.122. The molecule has 0 radical (unpaired) electrons. The van der Waals surface area contributed by atoms with Gasteiger partial charge in [0.15, 0.2) is 15.9 Å². The van der Waals surface area contributed by atoms with Crippen molar-refractivity contribution in [3.8, 4) is 23.3 Å². The number of nitrogens with zero attached hydrogens (tertiary/aromatic N) is 1. The molecule has 182 valence electrons. The first-order valence-corrected chi connectivity index (χ1v) is 13.2. The maximum Gasteiger partial charge on any atom is 0.265 e. The van der Waals surface area contributed by atoms with Crippen molar-refractivity contribution >= 4 is 56.2 Å². The van der Waals surface area contributed by atoms with Gasteiger partial charge in [0, 0.05) is 22.4 Å². The van der Waals surface area contributed by atoms with E-state index in [1.807, 2.05) is 6.07 Å². The van der Waals surface area contributed by atoms with Gasteiger partial charge in [0.1, 0.15) is 17.2 Å². The van der Waals surface area contributed by atoms with E-state index < -0.39 is 21.8 Å². The average Bonchev–Trinajstić information content (AvgIpc) is 2.77. The van der Waals surface area contributed by atoms with Gasteiger partial charge < -0.3 is 14.8 Å². The van der Waals surface area contributed by atoms with E-state index in [2.05, 4.69) is 5.32 Å². The van der Waals surface area contributed by atoms with Crippen LogP contribution in [0.1, 0.15) is 18.9 Å². The fraction of sp³-hybridized carbons (Fsp3) is 0.167. The molecule has 1 N–H and O–H groups in total. The number of hydrogen-bond donors (Lipinski definition) is 1. The Morgan fingerprint density at radius 1 is 1.00 bits per heavy atom. The predicted molar refractivity (Wildman–Crippen MR) is 136 cm³/mol. The van der Waals surface area contributed by atoms with Gasteiger partial charge in [0.05, 0.1) is 27.2 Å². The first kappa shape index (κ1) is 26.6. The Bertz CT molecular complexity index is 1420. The molecule has 0 spiro atoms. The van der Waals surface area contributed by atoms with Crippen LogP contribution in [0.2, 0.25) is 15.1 Å². The number of nitriles is 1. The minimum atomic E-state index is -3.44. The summed E-state index contributed by atoms with van der Waals surface area (Å²) in [5, 5.41) is 12.5. The standard InChI is InChI=1S/C24H19Cl3N2O5S/c1-3-23(24(30)29-22-5-4-20(12-21(22)27)35(2,31)32)34-19-10-16(26)9-18(11-19)33-17-7-14(13-28)6-15(25)8-17/h4-12,23H,3H2,1-2H3,(H,29,30). The summed E-state index contributed by atoms with van der Waals surface area (Å²) in [7, 11) is -3.44. The second-order valence-corrected chi connectivity index (χ2v) is 10.7. The van der Waals surface area contributed by atoms with E-state index in [4.69, 9.17) is 49.5 Å². The van der Waals surface area contributed by atoms with Gasteiger partial charge in [0.2, 0.25) is 0 Å². The van der Waals surface area contributed by atoms with E-state index in [1.165, 1.54) is 36.4 Å². The quantitative estimate of drug-likeness (QED) is 0.341. The number of carbonyl (C=O) groups excluding carboxylic acids is 1. The number of carbonyl (C=O) groups is 1. The minimum absolute atomic E-state index is 0.0387. The van der Waals surface area contributed by atoms with Gasteiger partial charge in [-0.15, -0.1) is 0 Å². The zero-order valence-electron chi connectivity index (χ0n) is 18.5. The molecule has 3 aromatic carbocycles. The molecule has 35 heavy (non-hydrogen) atoms. The zero-order chi connectivity index (χ0) is 25.8. The minimum Gasteiger partial charge on any atom is -0.480 e. The van der Waals surface area contributed by atoms with E-state index in [1.54, 1.807) is 25.1 Å². The van der Waals surface area contributed by atoms with E-state index in [0.29, 0.717) is 33.5 Å². The highest BCUT2D eigenvalue weighted by molar-refractivity contribution is 7.90. The van der Waals surface area contributed by atoms with Gasteiger partial charge in [-0.05, 0) is 55.0 Å². The van der Waals surface area contributed by atoms with Gasteiger partial charge in [-0.1, -0.05) is 41.7 Å². The molecule has 0 aliphatic rings. The highest BCUT2D eigenvalue weighted by atomic mass is 35.5. The summed E-state index contributed by atoms with van der Waals surface area (Å²) in [6.45, 7) is 1.76. The molecule has 0 aliphatic carbocycles. The molecule has 1 amide bonds. The first-order valence-electron chi connectivity index (χ1n) is 10.1. The van der Waals surface area contributed by atoms with Crippen LogP contribution in [0.25, 0.3) is 0 Å². The molecule has 0 fully saturated rings. The number of halogens is 3. The van der Waals surface area contributed by atoms with Crippen LogP contribution in [0, 0.1) is 11.3 Å². The molecule has 1 atom stereocenters. The van der Waals surface area contributed by atoms with Gasteiger partial charge in [-0.2, -0.15) is 5.26 Å². The van der Waals surface area contributed by atoms with Crippen molar-refractivity contribution in [1.29, 1.82) is 5.26 Å². The van der Waals surface area contributed by atoms with Crippen molar-refractivity contribution < 1.29 is 22.7 Å². The number of ether oxygens (including phenoxy) is 2. The second kappa shape index (κ2) is 11.2. The van der Waals surface area contributed by atoms with Crippen molar-refractivity contribution in [3.63, 3.8) is 0 Å². The lowest BCUT2D eigenvalue weighted by Crippen LogP contribution is -2.32. The van der Waals surface area contributed by atoms with Crippen molar-refractivity contribution in [2.75, 3.05) is 11.6 Å². The number of nitrogens with one attached hydrogen (secondary N) is 1. The number of amides is 1. The molecular formula is C24H19Cl3N2O5S. The number of anilines is 1. The Morgan fingerprint density at radius 2 is 1.63 bits per heavy atom. The largest absolute Gasteiger partial charge is 0.480 e. The highest BCUT2D eigenvalue weighted by Gasteiger charge is 2.21. The summed E-state index contributed by atoms with van der Waals surface area (Å²) in [4.78, 5) is 12.9. The average molecular weight is 554 g/mol. The fourth-order valence-corrected chi connectivity index (χ4v) is 4.39. The van der Waals surface area contributed by atoms with Crippen LogP contribution in [0.4, 0.5) is 5.69 Å². The molecule has 0 saturated carbocycles. The summed E-state index contributed by atoms with van der Waals surface area (Å²) in [6, 6.07) is 15.2. The normalized spacial score (nSPS) is 11.9. The van der Waals surface area contributed by atoms with Crippen LogP contribution in [0.5, 0.6) is 17.2 Å². The van der Waals surface area contributed by atoms with Gasteiger partial charge in [-0.3, -0.25) is 4.79 Å². The summed E-state index contributed by atoms with van der Waals surface area (Å²) in [5.41, 5.74) is 0.576. The molecule has 1 unspecified atom stereocenters. The lowest BCUT2D eigenvalue weighted by atomic mass is 10.2. The number of benzene rings is 3. The Labute approximate surface area is 218 Å². The SMILES string of the molecule is CCC(Oc1cc(Cl)cc(Oc2cc(Cl)cc(C#N)c2)c1)C(=O)Nc1ccc(S(C)(=O)=O)cc1Cl. The van der Waals surface area contributed by atoms with E-state index in [9.17, 15) is 13.2 Å². The van der Waals surface area contributed by atoms with Crippen LogP contribution in [-0.4, -0.2) is 26.7 Å². The topological polar surface area (TPSA) is 105 Å². The highest BCUT2D eigenvalue weighted by Crippen LogP contribution is 2.32. The van der Waals surface area contributed by atoms with Crippen LogP contribution in [0.3, 0.4) is 0 Å². The summed E-state index contributed by atoms with van der Waals surface area (Å²) >= 11 is 18.4. The molecule has 0 aliphatic heterocycles. The number of sulfone groups is 1. The van der Waals surface area contributed by atoms with Crippen molar-refractivity contribution in [1.82, 2.24) is 0 Å². The summed E-state index contributed by atoms with van der Waals surface area (Å²) in [5.74, 6) is 0.431. The Kier molecular flexibility index (Phi) is 8.51. The maximum absolute atomic E-state index is 12.8. The molecular weight excluding hydrogens is 535 g/mol. The molecule has 7 nitrogen and oxygen atoms in total. The van der Waals surface area contributed by atoms with E-state index >= 15 is 0 Å². The Morgan fingerprint density at radius 3 is 2.23 bits per heavy atom. The maximum atomic E-state index is 12.8. The van der Waals surface area contributed by atoms with Gasteiger partial charge in [-0.25, -0.2) is 8.42 Å². The molecule has 11 heteroatoms. The van der Waals surface area contributed by atoms with Gasteiger partial charge in [0.25, 0.3) is 5.91 Å². The zero-order valence-corrected chi connectivity index (χ0v) is 21.6. The van der Waals surface area contributed by atoms with Crippen LogP contribution >= 0.6 is 34.8 Å². The third-order valence-corrected chi connectivity index (χ3v) is 6.51. The first-order chi connectivity index (χ1) is 16.5. The molecule has 0 saturated heterocycles. The second-order valence-electron chi connectivity index (χ2n) is 7.43. The van der Waals surface area contributed by atoms with Crippen molar-refractivity contribution in [2.24, 2.45) is 0 Å². The summed E-state index contributed by atoms with van der Waals surface area (Å²) < 4.78 is 35.0. The number of hydrogen-bond acceptors (Lipinski definition) is 6. The van der Waals surface area contributed by atoms with Crippen molar-refractivity contribution in [3.05, 3.63) is 75.2 Å². The molecule has 3 rings (SSSR count). The number of rotatable bonds is 8. The molecule has 3 aromatic rings. The van der Waals surface area contributed by atoms with Gasteiger partial charge >= 0.3 is 0 Å². The monoisotopic (exact) mass is 552 g/mol. The van der Waals surface area contributed by atoms with Crippen LogP contribution in [0.15, 0.2) is 59.5 Å².